The highest BCUT2D eigenvalue weighted by atomic mass is 35.5. The Morgan fingerprint density at radius 2 is 1.88 bits per heavy atom. The smallest absolute Gasteiger partial charge is 0.343 e. The molecule has 2 heterocycles. The normalized spacial score (nSPS) is 25.2. The molecule has 0 aromatic heterocycles. The van der Waals surface area contributed by atoms with Crippen molar-refractivity contribution in [1.82, 2.24) is 4.90 Å². The summed E-state index contributed by atoms with van der Waals surface area (Å²) in [5.41, 5.74) is -1.15. The van der Waals surface area contributed by atoms with E-state index >= 15 is 0 Å². The molecule has 0 saturated carbocycles. The molecule has 2 atom stereocenters. The van der Waals surface area contributed by atoms with Crippen molar-refractivity contribution >= 4 is 17.6 Å². The molecule has 0 bridgehead atoms. The van der Waals surface area contributed by atoms with Crippen molar-refractivity contribution < 1.29 is 31.5 Å². The summed E-state index contributed by atoms with van der Waals surface area (Å²) in [6.07, 6.45) is 0.756. The van der Waals surface area contributed by atoms with Crippen molar-refractivity contribution in [1.29, 1.82) is 0 Å². The van der Waals surface area contributed by atoms with Gasteiger partial charge in [0.25, 0.3) is 0 Å². The van der Waals surface area contributed by atoms with Gasteiger partial charge in [0, 0.05) is 24.5 Å². The summed E-state index contributed by atoms with van der Waals surface area (Å²) < 4.78 is 6.70. The van der Waals surface area contributed by atoms with Crippen LogP contribution in [-0.2, 0) is 15.1 Å². The van der Waals surface area contributed by atoms with Gasteiger partial charge in [-0.15, -0.1) is 0 Å². The van der Waals surface area contributed by atoms with Gasteiger partial charge in [0.2, 0.25) is 0 Å². The van der Waals surface area contributed by atoms with Crippen LogP contribution in [0.4, 0.5) is 0 Å². The second-order valence-corrected chi connectivity index (χ2v) is 7.83. The predicted molar refractivity (Wildman–Crippen MR) is 92.7 cm³/mol. The van der Waals surface area contributed by atoms with Gasteiger partial charge in [-0.3, -0.25) is 4.90 Å². The lowest BCUT2D eigenvalue weighted by atomic mass is 9.96. The lowest BCUT2D eigenvalue weighted by Gasteiger charge is -2.41. The molecule has 1 N–H and O–H groups in total. The lowest BCUT2D eigenvalue weighted by Crippen LogP contribution is -3.00. The monoisotopic (exact) mass is 388 g/mol. The van der Waals surface area contributed by atoms with E-state index in [0.29, 0.717) is 10.6 Å². The number of hydrogen-bond acceptors (Lipinski definition) is 4. The Balaban J connectivity index is 0.00000225. The van der Waals surface area contributed by atoms with Crippen molar-refractivity contribution in [3.05, 3.63) is 34.9 Å². The van der Waals surface area contributed by atoms with Crippen molar-refractivity contribution in [2.24, 2.45) is 0 Å². The Hall–Kier alpha value is -0.850. The van der Waals surface area contributed by atoms with Crippen LogP contribution in [0, 0.1) is 0 Å². The highest BCUT2D eigenvalue weighted by Gasteiger charge is 2.44. The third-order valence-corrected chi connectivity index (χ3v) is 5.76. The first-order valence-electron chi connectivity index (χ1n) is 8.54. The molecule has 5 nitrogen and oxygen atoms in total. The Morgan fingerprint density at radius 3 is 2.48 bits per heavy atom. The molecule has 1 aromatic carbocycles. The van der Waals surface area contributed by atoms with Crippen LogP contribution in [0.2, 0.25) is 5.02 Å². The van der Waals surface area contributed by atoms with E-state index in [1.54, 1.807) is 24.3 Å². The molecule has 0 radical (unpaired) electrons. The molecule has 25 heavy (non-hydrogen) atoms. The molecule has 0 aliphatic carbocycles. The van der Waals surface area contributed by atoms with E-state index in [4.69, 9.17) is 16.3 Å². The van der Waals surface area contributed by atoms with E-state index in [-0.39, 0.29) is 18.5 Å². The number of likely N-dealkylation sites (N-methyl/N-ethyl adjacent to an activating group) is 1. The summed E-state index contributed by atoms with van der Waals surface area (Å²) in [5.74, 6) is -0.580. The zero-order valence-electron chi connectivity index (χ0n) is 14.8. The first kappa shape index (κ1) is 20.5. The third-order valence-electron chi connectivity index (χ3n) is 5.51. The fourth-order valence-corrected chi connectivity index (χ4v) is 3.81. The summed E-state index contributed by atoms with van der Waals surface area (Å²) in [6.45, 7) is 7.78. The summed E-state index contributed by atoms with van der Waals surface area (Å²) in [5, 5.41) is 11.2. The van der Waals surface area contributed by atoms with E-state index in [9.17, 15) is 9.90 Å². The summed E-state index contributed by atoms with van der Waals surface area (Å²) in [4.78, 5) is 14.9. The number of carbonyl (C=O) groups excluding carboxylic acids is 1. The molecule has 7 heteroatoms. The molecule has 2 aliphatic heterocycles. The molecule has 1 spiro atoms. The number of piperazine rings is 1. The van der Waals surface area contributed by atoms with Crippen molar-refractivity contribution in [2.45, 2.75) is 25.0 Å². The molecule has 2 fully saturated rings. The maximum atomic E-state index is 12.5. The SMILES string of the molecule is CN1CC[N+]2(CCC(OC(=O)C(C)(O)c3ccc(Cl)cc3)C2)CC1.[Cl-]. The van der Waals surface area contributed by atoms with Crippen LogP contribution in [0.3, 0.4) is 0 Å². The average Bonchev–Trinajstić information content (AvgIpc) is 2.94. The average molecular weight is 389 g/mol. The van der Waals surface area contributed by atoms with Gasteiger partial charge in [-0.1, -0.05) is 23.7 Å². The van der Waals surface area contributed by atoms with Gasteiger partial charge in [-0.05, 0) is 31.7 Å². The van der Waals surface area contributed by atoms with Gasteiger partial charge in [0.15, 0.2) is 11.7 Å². The maximum Gasteiger partial charge on any atom is 0.343 e. The Bertz CT molecular complexity index is 599. The minimum Gasteiger partial charge on any atom is -1.00 e. The highest BCUT2D eigenvalue weighted by Crippen LogP contribution is 2.28. The van der Waals surface area contributed by atoms with Crippen LogP contribution >= 0.6 is 11.6 Å². The van der Waals surface area contributed by atoms with Gasteiger partial charge in [-0.25, -0.2) is 4.79 Å². The first-order valence-corrected chi connectivity index (χ1v) is 8.92. The van der Waals surface area contributed by atoms with Crippen LogP contribution in [0.5, 0.6) is 0 Å². The van der Waals surface area contributed by atoms with Crippen LogP contribution < -0.4 is 12.4 Å². The van der Waals surface area contributed by atoms with Crippen molar-refractivity contribution in [3.8, 4) is 0 Å². The summed E-state index contributed by atoms with van der Waals surface area (Å²) in [6, 6.07) is 6.65. The molecule has 3 rings (SSSR count). The molecule has 2 aliphatic rings. The summed E-state index contributed by atoms with van der Waals surface area (Å²) >= 11 is 5.87. The summed E-state index contributed by atoms with van der Waals surface area (Å²) in [7, 11) is 2.15. The van der Waals surface area contributed by atoms with Crippen molar-refractivity contribution in [2.75, 3.05) is 46.3 Å². The molecule has 0 amide bonds. The number of ether oxygens (including phenoxy) is 1. The number of carbonyl (C=O) groups is 1. The fraction of sp³-hybridized carbons (Fsp3) is 0.611. The van der Waals surface area contributed by atoms with Crippen molar-refractivity contribution in [3.63, 3.8) is 0 Å². The number of halogens is 2. The lowest BCUT2D eigenvalue weighted by molar-refractivity contribution is -0.921. The Kier molecular flexibility index (Phi) is 6.39. The number of esters is 1. The van der Waals surface area contributed by atoms with E-state index in [0.717, 1.165) is 50.2 Å². The molecule has 2 saturated heterocycles. The van der Waals surface area contributed by atoms with E-state index in [1.807, 2.05) is 0 Å². The maximum absolute atomic E-state index is 12.5. The number of aliphatic hydroxyl groups is 1. The topological polar surface area (TPSA) is 49.8 Å². The molecular weight excluding hydrogens is 363 g/mol. The third kappa shape index (κ3) is 4.47. The number of rotatable bonds is 3. The van der Waals surface area contributed by atoms with Gasteiger partial charge in [-0.2, -0.15) is 0 Å². The van der Waals surface area contributed by atoms with E-state index in [2.05, 4.69) is 11.9 Å². The van der Waals surface area contributed by atoms with Gasteiger partial charge < -0.3 is 26.7 Å². The zero-order valence-corrected chi connectivity index (χ0v) is 16.3. The predicted octanol–water partition coefficient (Wildman–Crippen LogP) is -1.37. The second kappa shape index (κ2) is 7.80. The van der Waals surface area contributed by atoms with E-state index < -0.39 is 11.6 Å². The fourth-order valence-electron chi connectivity index (χ4n) is 3.68. The number of hydrogen-bond donors (Lipinski definition) is 1. The number of benzene rings is 1. The highest BCUT2D eigenvalue weighted by molar-refractivity contribution is 6.30. The standard InChI is InChI=1S/C18H26ClN2O3.ClH/c1-18(23,14-3-5-15(19)6-4-14)17(22)24-16-7-10-21(13-16)11-8-20(2)9-12-21;/h3-6,16,23H,7-13H2,1-2H3;1H/q+1;/p-1. The number of quaternary nitrogens is 1. The molecule has 140 valence electrons. The van der Waals surface area contributed by atoms with Crippen LogP contribution in [-0.4, -0.2) is 72.9 Å². The van der Waals surface area contributed by atoms with Gasteiger partial charge >= 0.3 is 5.97 Å². The van der Waals surface area contributed by atoms with Gasteiger partial charge in [0.1, 0.15) is 6.54 Å². The number of nitrogens with zero attached hydrogens (tertiary/aromatic N) is 2. The minimum absolute atomic E-state index is 0. The zero-order chi connectivity index (χ0) is 17.4. The Labute approximate surface area is 160 Å². The molecule has 2 unspecified atom stereocenters. The van der Waals surface area contributed by atoms with E-state index in [1.165, 1.54) is 6.92 Å². The van der Waals surface area contributed by atoms with Gasteiger partial charge in [0.05, 0.1) is 19.6 Å². The molecular formula is C18H26Cl2N2O3. The quantitative estimate of drug-likeness (QED) is 0.512. The van der Waals surface area contributed by atoms with Crippen LogP contribution in [0.15, 0.2) is 24.3 Å². The van der Waals surface area contributed by atoms with Crippen LogP contribution in [0.1, 0.15) is 18.9 Å². The molecule has 1 aromatic rings. The van der Waals surface area contributed by atoms with Crippen LogP contribution in [0.25, 0.3) is 0 Å². The minimum atomic E-state index is -1.65. The largest absolute Gasteiger partial charge is 1.00 e. The Morgan fingerprint density at radius 1 is 1.28 bits per heavy atom. The first-order chi connectivity index (χ1) is 11.3. The second-order valence-electron chi connectivity index (χ2n) is 7.39.